The van der Waals surface area contributed by atoms with E-state index in [-0.39, 0.29) is 0 Å². The van der Waals surface area contributed by atoms with Crippen molar-refractivity contribution in [3.63, 3.8) is 0 Å². The molecule has 1 heteroatoms. The topological polar surface area (TPSA) is 9.23 Å². The Bertz CT molecular complexity index is 671. The quantitative estimate of drug-likeness (QED) is 0.745. The maximum atomic E-state index is 5.40. The van der Waals surface area contributed by atoms with E-state index in [1.54, 1.807) is 0 Å². The number of hydrogen-bond acceptors (Lipinski definition) is 1. The fourth-order valence-electron chi connectivity index (χ4n) is 1.73. The monoisotopic (exact) mass is 260 g/mol. The highest BCUT2D eigenvalue weighted by molar-refractivity contribution is 5.46. The van der Waals surface area contributed by atoms with Crippen molar-refractivity contribution in [2.75, 3.05) is 6.61 Å². The molecule has 0 N–H and O–H groups in total. The van der Waals surface area contributed by atoms with Gasteiger partial charge in [-0.25, -0.2) is 0 Å². The predicted molar refractivity (Wildman–Crippen MR) is 82.6 cm³/mol. The van der Waals surface area contributed by atoms with Crippen molar-refractivity contribution < 1.29 is 4.74 Å². The van der Waals surface area contributed by atoms with E-state index in [9.17, 15) is 0 Å². The Hall–Kier alpha value is -2.64. The third kappa shape index (κ3) is 3.94. The van der Waals surface area contributed by atoms with E-state index in [1.807, 2.05) is 62.4 Å². The molecule has 0 bridgehead atoms. The first-order chi connectivity index (χ1) is 9.81. The van der Waals surface area contributed by atoms with Crippen molar-refractivity contribution in [1.29, 1.82) is 0 Å². The minimum absolute atomic E-state index is 0.679. The summed E-state index contributed by atoms with van der Waals surface area (Å²) in [6.45, 7) is 4.48. The highest BCUT2D eigenvalue weighted by atomic mass is 16.5. The fraction of sp³-hybridized carbons (Fsp3) is 0.158. The van der Waals surface area contributed by atoms with Crippen LogP contribution in [0.2, 0.25) is 0 Å². The summed E-state index contributed by atoms with van der Waals surface area (Å²) >= 11 is 0. The van der Waals surface area contributed by atoms with Crippen molar-refractivity contribution in [2.24, 2.45) is 0 Å². The van der Waals surface area contributed by atoms with Gasteiger partial charge in [-0.15, -0.1) is 5.92 Å². The minimum atomic E-state index is 0.679. The summed E-state index contributed by atoms with van der Waals surface area (Å²) in [5.74, 6) is 13.1. The van der Waals surface area contributed by atoms with E-state index >= 15 is 0 Å². The Morgan fingerprint density at radius 1 is 0.750 bits per heavy atom. The fourth-order valence-corrected chi connectivity index (χ4v) is 1.73. The summed E-state index contributed by atoms with van der Waals surface area (Å²) < 4.78 is 5.40. The lowest BCUT2D eigenvalue weighted by atomic mass is 10.1. The SMILES string of the molecule is CC#Cc1ccc(C#Cc2ccc(OCC)cc2)cc1. The van der Waals surface area contributed by atoms with Crippen LogP contribution in [-0.2, 0) is 0 Å². The Kier molecular flexibility index (Phi) is 4.87. The van der Waals surface area contributed by atoms with E-state index < -0.39 is 0 Å². The average Bonchev–Trinajstić information content (AvgIpc) is 2.49. The maximum Gasteiger partial charge on any atom is 0.119 e. The second-order valence-electron chi connectivity index (χ2n) is 4.16. The van der Waals surface area contributed by atoms with E-state index in [1.165, 1.54) is 0 Å². The maximum absolute atomic E-state index is 5.40. The van der Waals surface area contributed by atoms with Crippen molar-refractivity contribution in [3.8, 4) is 29.4 Å². The zero-order valence-corrected chi connectivity index (χ0v) is 11.7. The molecular weight excluding hydrogens is 244 g/mol. The molecule has 0 amide bonds. The van der Waals surface area contributed by atoms with E-state index in [0.717, 1.165) is 22.4 Å². The summed E-state index contributed by atoms with van der Waals surface area (Å²) in [6.07, 6.45) is 0. The molecular formula is C19H16O. The third-order valence-corrected chi connectivity index (χ3v) is 2.67. The first kappa shape index (κ1) is 13.8. The van der Waals surface area contributed by atoms with Crippen molar-refractivity contribution in [1.82, 2.24) is 0 Å². The van der Waals surface area contributed by atoms with Gasteiger partial charge in [0.05, 0.1) is 6.61 Å². The van der Waals surface area contributed by atoms with E-state index in [4.69, 9.17) is 4.74 Å². The van der Waals surface area contributed by atoms with Gasteiger partial charge in [0.1, 0.15) is 5.75 Å². The summed E-state index contributed by atoms with van der Waals surface area (Å²) in [7, 11) is 0. The van der Waals surface area contributed by atoms with Gasteiger partial charge in [0, 0.05) is 16.7 Å². The van der Waals surface area contributed by atoms with Crippen LogP contribution >= 0.6 is 0 Å². The van der Waals surface area contributed by atoms with Crippen molar-refractivity contribution in [2.45, 2.75) is 13.8 Å². The second-order valence-corrected chi connectivity index (χ2v) is 4.16. The first-order valence-corrected chi connectivity index (χ1v) is 6.59. The third-order valence-electron chi connectivity index (χ3n) is 2.67. The standard InChI is InChI=1S/C19H16O/c1-3-5-16-6-8-17(9-7-16)10-11-18-12-14-19(15-13-18)20-4-2/h6-9,12-15H,4H2,1-2H3. The van der Waals surface area contributed by atoms with Gasteiger partial charge >= 0.3 is 0 Å². The molecule has 0 atom stereocenters. The molecule has 98 valence electrons. The molecule has 0 saturated heterocycles. The molecule has 0 aliphatic rings. The van der Waals surface area contributed by atoms with E-state index in [0.29, 0.717) is 6.61 Å². The first-order valence-electron chi connectivity index (χ1n) is 6.59. The Morgan fingerprint density at radius 2 is 1.20 bits per heavy atom. The highest BCUT2D eigenvalue weighted by Gasteiger charge is 1.92. The van der Waals surface area contributed by atoms with E-state index in [2.05, 4.69) is 23.7 Å². The van der Waals surface area contributed by atoms with Crippen molar-refractivity contribution in [3.05, 3.63) is 65.2 Å². The van der Waals surface area contributed by atoms with Gasteiger partial charge in [-0.1, -0.05) is 17.8 Å². The van der Waals surface area contributed by atoms with Crippen LogP contribution in [0.25, 0.3) is 0 Å². The number of hydrogen-bond donors (Lipinski definition) is 0. The van der Waals surface area contributed by atoms with Gasteiger partial charge in [0.2, 0.25) is 0 Å². The summed E-state index contributed by atoms with van der Waals surface area (Å²) in [6, 6.07) is 15.8. The Balaban J connectivity index is 2.10. The molecule has 0 spiro atoms. The van der Waals surface area contributed by atoms with Gasteiger partial charge in [0.25, 0.3) is 0 Å². The molecule has 2 rings (SSSR count). The molecule has 0 saturated carbocycles. The van der Waals surface area contributed by atoms with Crippen LogP contribution in [0.5, 0.6) is 5.75 Å². The lowest BCUT2D eigenvalue weighted by Gasteiger charge is -2.01. The molecule has 0 aromatic heterocycles. The lowest BCUT2D eigenvalue weighted by molar-refractivity contribution is 0.340. The molecule has 0 aliphatic carbocycles. The molecule has 0 heterocycles. The molecule has 0 fully saturated rings. The van der Waals surface area contributed by atoms with Crippen LogP contribution in [0.4, 0.5) is 0 Å². The van der Waals surface area contributed by atoms with Crippen LogP contribution in [0.15, 0.2) is 48.5 Å². The summed E-state index contributed by atoms with van der Waals surface area (Å²) in [5.41, 5.74) is 2.98. The highest BCUT2D eigenvalue weighted by Crippen LogP contribution is 2.11. The summed E-state index contributed by atoms with van der Waals surface area (Å²) in [5, 5.41) is 0. The van der Waals surface area contributed by atoms with Crippen molar-refractivity contribution >= 4 is 0 Å². The van der Waals surface area contributed by atoms with Gasteiger partial charge in [-0.2, -0.15) is 0 Å². The van der Waals surface area contributed by atoms with Crippen LogP contribution in [-0.4, -0.2) is 6.61 Å². The van der Waals surface area contributed by atoms with Crippen LogP contribution in [0.3, 0.4) is 0 Å². The largest absolute Gasteiger partial charge is 0.494 e. The minimum Gasteiger partial charge on any atom is -0.494 e. The second kappa shape index (κ2) is 7.07. The lowest BCUT2D eigenvalue weighted by Crippen LogP contribution is -1.90. The molecule has 0 unspecified atom stereocenters. The molecule has 20 heavy (non-hydrogen) atoms. The van der Waals surface area contributed by atoms with Gasteiger partial charge in [-0.3, -0.25) is 0 Å². The molecule has 2 aromatic carbocycles. The van der Waals surface area contributed by atoms with Gasteiger partial charge in [-0.05, 0) is 62.4 Å². The van der Waals surface area contributed by atoms with Crippen LogP contribution in [0.1, 0.15) is 30.5 Å². The molecule has 1 nitrogen and oxygen atoms in total. The van der Waals surface area contributed by atoms with Crippen LogP contribution < -0.4 is 4.74 Å². The molecule has 2 aromatic rings. The van der Waals surface area contributed by atoms with Crippen LogP contribution in [0, 0.1) is 23.7 Å². The number of rotatable bonds is 2. The predicted octanol–water partition coefficient (Wildman–Crippen LogP) is 3.86. The normalized spacial score (nSPS) is 8.90. The Morgan fingerprint density at radius 3 is 1.65 bits per heavy atom. The molecule has 0 radical (unpaired) electrons. The smallest absolute Gasteiger partial charge is 0.119 e. The zero-order chi connectivity index (χ0) is 14.2. The zero-order valence-electron chi connectivity index (χ0n) is 11.7. The summed E-state index contributed by atoms with van der Waals surface area (Å²) in [4.78, 5) is 0. The Labute approximate surface area is 120 Å². The number of benzene rings is 2. The molecule has 0 aliphatic heterocycles. The number of ether oxygens (including phenoxy) is 1. The average molecular weight is 260 g/mol. The van der Waals surface area contributed by atoms with Gasteiger partial charge < -0.3 is 4.74 Å². The van der Waals surface area contributed by atoms with Gasteiger partial charge in [0.15, 0.2) is 0 Å².